The molecule has 0 fully saturated rings. The molecule has 0 aliphatic heterocycles. The Morgan fingerprint density at radius 3 is 1.86 bits per heavy atom. The predicted octanol–water partition coefficient (Wildman–Crippen LogP) is -2.16. The highest BCUT2D eigenvalue weighted by Gasteiger charge is 2.39. The Hall–Kier alpha value is 0.620. The van der Waals surface area contributed by atoms with E-state index >= 15 is 0 Å². The molecule has 0 saturated carbocycles. The number of rotatable bonds is 6. The standard InChI is InChI=1S/C6H16O6P2/c1-2-3-4-5-6(13(7,8)9)14(10,11)12/h6H,2-5H2,1H3,(H2,7,8,9)(H2,10,11,12)/p-2. The van der Waals surface area contributed by atoms with Crippen LogP contribution in [0.5, 0.6) is 0 Å². The lowest BCUT2D eigenvalue weighted by atomic mass is 10.2. The van der Waals surface area contributed by atoms with E-state index in [0.717, 1.165) is 6.42 Å². The van der Waals surface area contributed by atoms with Gasteiger partial charge in [-0.05, 0) is 6.42 Å². The van der Waals surface area contributed by atoms with Crippen LogP contribution in [-0.4, -0.2) is 15.2 Å². The first-order valence-electron chi connectivity index (χ1n) is 4.26. The first-order valence-corrected chi connectivity index (χ1v) is 7.56. The van der Waals surface area contributed by atoms with E-state index in [4.69, 9.17) is 9.79 Å². The summed E-state index contributed by atoms with van der Waals surface area (Å²) in [4.78, 5) is 59.7. The van der Waals surface area contributed by atoms with E-state index in [-0.39, 0.29) is 6.42 Å². The van der Waals surface area contributed by atoms with Crippen molar-refractivity contribution in [1.29, 1.82) is 0 Å². The van der Waals surface area contributed by atoms with Crippen molar-refractivity contribution in [1.82, 2.24) is 0 Å². The summed E-state index contributed by atoms with van der Waals surface area (Å²) in [5, 5.41) is -2.05. The van der Waals surface area contributed by atoms with Crippen LogP contribution >= 0.6 is 15.9 Å². The van der Waals surface area contributed by atoms with Crippen LogP contribution in [0, 0.1) is 0 Å². The van der Waals surface area contributed by atoms with Crippen LogP contribution in [-0.2, 0) is 0 Å². The van der Waals surface area contributed by atoms with Gasteiger partial charge in [0, 0.05) is 6.42 Å². The molecule has 6 nitrogen and oxygen atoms in total. The van der Waals surface area contributed by atoms with Gasteiger partial charge in [0.15, 0.2) is 5.40 Å². The molecular weight excluding hydrogens is 230 g/mol. The summed E-state index contributed by atoms with van der Waals surface area (Å²) in [6.45, 7) is 1.86. The van der Waals surface area contributed by atoms with E-state index in [1.54, 1.807) is 0 Å². The lowest BCUT2D eigenvalue weighted by Gasteiger charge is -2.48. The Morgan fingerprint density at radius 2 is 1.57 bits per heavy atom. The van der Waals surface area contributed by atoms with Gasteiger partial charge >= 0.3 is 0 Å². The minimum Gasteiger partial charge on any atom is -0.685 e. The second-order valence-corrected chi connectivity index (χ2v) is 7.02. The number of unbranched alkanes of at least 4 members (excludes halogenated alkanes) is 2. The first-order chi connectivity index (χ1) is 6.19. The SMILES string of the molecule is CCCCCC([P+]([O-])([O-])[O-])[P+]([O-])(O)O. The van der Waals surface area contributed by atoms with E-state index < -0.39 is 21.3 Å². The molecule has 0 rings (SSSR count). The maximum absolute atomic E-state index is 10.7. The summed E-state index contributed by atoms with van der Waals surface area (Å²) in [6.07, 6.45) is 1.51. The molecule has 8 heteroatoms. The molecule has 0 aliphatic carbocycles. The minimum atomic E-state index is -5.20. The minimum absolute atomic E-state index is 0.262. The summed E-state index contributed by atoms with van der Waals surface area (Å²) < 4.78 is 0. The van der Waals surface area contributed by atoms with E-state index in [0.29, 0.717) is 12.8 Å². The zero-order valence-electron chi connectivity index (χ0n) is 7.83. The van der Waals surface area contributed by atoms with Gasteiger partial charge < -0.3 is 19.6 Å². The molecule has 0 radical (unpaired) electrons. The zero-order valence-corrected chi connectivity index (χ0v) is 9.62. The highest BCUT2D eigenvalue weighted by atomic mass is 31.3. The normalized spacial score (nSPS) is 15.6. The molecule has 0 spiro atoms. The highest BCUT2D eigenvalue weighted by molar-refractivity contribution is 7.74. The van der Waals surface area contributed by atoms with Crippen molar-refractivity contribution >= 4 is 15.9 Å². The van der Waals surface area contributed by atoms with Crippen molar-refractivity contribution in [3.63, 3.8) is 0 Å². The molecule has 0 amide bonds. The lowest BCUT2D eigenvalue weighted by molar-refractivity contribution is -0.429. The van der Waals surface area contributed by atoms with Gasteiger partial charge in [0.25, 0.3) is 7.94 Å². The van der Waals surface area contributed by atoms with Crippen LogP contribution in [0.4, 0.5) is 0 Å². The summed E-state index contributed by atoms with van der Waals surface area (Å²) in [7, 11) is -10.0. The largest absolute Gasteiger partial charge is 0.685 e. The molecule has 0 aromatic heterocycles. The third-order valence-electron chi connectivity index (χ3n) is 1.82. The predicted molar refractivity (Wildman–Crippen MR) is 46.2 cm³/mol. The molecule has 0 bridgehead atoms. The van der Waals surface area contributed by atoms with Crippen molar-refractivity contribution in [3.05, 3.63) is 0 Å². The van der Waals surface area contributed by atoms with Crippen LogP contribution in [0.1, 0.15) is 32.6 Å². The van der Waals surface area contributed by atoms with Crippen molar-refractivity contribution in [3.8, 4) is 0 Å². The Bertz CT molecular complexity index is 149. The topological polar surface area (TPSA) is 133 Å². The smallest absolute Gasteiger partial charge is 0.269 e. The molecule has 1 atom stereocenters. The highest BCUT2D eigenvalue weighted by Crippen LogP contribution is 2.61. The van der Waals surface area contributed by atoms with Gasteiger partial charge in [-0.3, -0.25) is 0 Å². The van der Waals surface area contributed by atoms with Crippen LogP contribution in [0.3, 0.4) is 0 Å². The third-order valence-corrected chi connectivity index (χ3v) is 5.59. The fourth-order valence-corrected chi connectivity index (χ4v) is 3.58. The zero-order chi connectivity index (χ0) is 11.4. The van der Waals surface area contributed by atoms with Gasteiger partial charge in [0.05, 0.1) is 0 Å². The van der Waals surface area contributed by atoms with Gasteiger partial charge in [-0.2, -0.15) is 0 Å². The average molecular weight is 244 g/mol. The first kappa shape index (κ1) is 14.6. The fourth-order valence-electron chi connectivity index (χ4n) is 1.09. The third kappa shape index (κ3) is 5.49. The Kier molecular flexibility index (Phi) is 5.88. The summed E-state index contributed by atoms with van der Waals surface area (Å²) in [6, 6.07) is 0. The summed E-state index contributed by atoms with van der Waals surface area (Å²) >= 11 is 0. The quantitative estimate of drug-likeness (QED) is 0.404. The Labute approximate surface area is 84.0 Å². The van der Waals surface area contributed by atoms with E-state index in [1.165, 1.54) is 0 Å². The van der Waals surface area contributed by atoms with Crippen LogP contribution in [0.25, 0.3) is 0 Å². The maximum atomic E-state index is 10.7. The second kappa shape index (κ2) is 5.64. The fraction of sp³-hybridized carbons (Fsp3) is 1.00. The maximum Gasteiger partial charge on any atom is 0.269 e. The number of hydrogen-bond acceptors (Lipinski definition) is 6. The molecule has 0 aromatic rings. The summed E-state index contributed by atoms with van der Waals surface area (Å²) in [5.74, 6) is 0. The van der Waals surface area contributed by atoms with E-state index in [9.17, 15) is 19.6 Å². The van der Waals surface area contributed by atoms with Gasteiger partial charge in [-0.25, -0.2) is 9.79 Å². The molecule has 0 aliphatic rings. The molecule has 0 heterocycles. The van der Waals surface area contributed by atoms with Crippen molar-refractivity contribution < 1.29 is 29.4 Å². The molecule has 0 aromatic carbocycles. The van der Waals surface area contributed by atoms with Crippen molar-refractivity contribution in [2.75, 3.05) is 0 Å². The van der Waals surface area contributed by atoms with Gasteiger partial charge in [0.1, 0.15) is 0 Å². The van der Waals surface area contributed by atoms with Gasteiger partial charge in [-0.15, -0.1) is 7.94 Å². The van der Waals surface area contributed by atoms with Crippen molar-refractivity contribution in [2.24, 2.45) is 0 Å². The van der Waals surface area contributed by atoms with Crippen molar-refractivity contribution in [2.45, 2.75) is 38.0 Å². The van der Waals surface area contributed by atoms with Crippen LogP contribution < -0.4 is 19.6 Å². The van der Waals surface area contributed by atoms with E-state index in [1.807, 2.05) is 6.92 Å². The Morgan fingerprint density at radius 1 is 1.07 bits per heavy atom. The monoisotopic (exact) mass is 244 g/mol. The molecule has 14 heavy (non-hydrogen) atoms. The summed E-state index contributed by atoms with van der Waals surface area (Å²) in [5.41, 5.74) is 0. The second-order valence-electron chi connectivity index (χ2n) is 3.11. The molecule has 2 N–H and O–H groups in total. The van der Waals surface area contributed by atoms with Crippen LogP contribution in [0.15, 0.2) is 0 Å². The molecule has 1 unspecified atom stereocenters. The molecular formula is C6H14O6P2-2. The average Bonchev–Trinajstić information content (AvgIpc) is 1.92. The Balaban J connectivity index is 4.28. The van der Waals surface area contributed by atoms with Gasteiger partial charge in [-0.1, -0.05) is 19.8 Å². The molecule has 0 saturated heterocycles. The van der Waals surface area contributed by atoms with E-state index in [2.05, 4.69) is 0 Å². The lowest BCUT2D eigenvalue weighted by Crippen LogP contribution is -2.43. The van der Waals surface area contributed by atoms with Gasteiger partial charge in [0.2, 0.25) is 0 Å². The molecule has 86 valence electrons. The van der Waals surface area contributed by atoms with Crippen LogP contribution in [0.2, 0.25) is 0 Å². The number of hydrogen-bond donors (Lipinski definition) is 2.